The van der Waals surface area contributed by atoms with Crippen molar-refractivity contribution in [2.45, 2.75) is 52.6 Å². The number of rotatable bonds is 3. The first-order valence-corrected chi connectivity index (χ1v) is 8.15. The fraction of sp³-hybridized carbons (Fsp3) is 0.625. The van der Waals surface area contributed by atoms with Crippen LogP contribution in [0.15, 0.2) is 12.1 Å². The molecule has 1 unspecified atom stereocenters. The molecule has 0 radical (unpaired) electrons. The third-order valence-electron chi connectivity index (χ3n) is 4.06. The molecular weight excluding hydrogens is 238 g/mol. The maximum Gasteiger partial charge on any atom is 0.0297 e. The Balaban J connectivity index is 2.08. The van der Waals surface area contributed by atoms with Crippen LogP contribution >= 0.6 is 11.8 Å². The second-order valence-electron chi connectivity index (χ2n) is 5.57. The Morgan fingerprint density at radius 2 is 1.67 bits per heavy atom. The number of thioether (sulfide) groups is 1. The van der Waals surface area contributed by atoms with Crippen molar-refractivity contribution >= 4 is 11.8 Å². The van der Waals surface area contributed by atoms with Gasteiger partial charge in [0.15, 0.2) is 0 Å². The molecule has 1 fully saturated rings. The van der Waals surface area contributed by atoms with Crippen LogP contribution < -0.4 is 5.32 Å². The van der Waals surface area contributed by atoms with E-state index in [0.717, 1.165) is 0 Å². The topological polar surface area (TPSA) is 12.0 Å². The summed E-state index contributed by atoms with van der Waals surface area (Å²) in [6.45, 7) is 8.94. The number of aryl methyl sites for hydroxylation is 3. The monoisotopic (exact) mass is 263 g/mol. The Bertz CT molecular complexity index is 408. The maximum atomic E-state index is 3.81. The van der Waals surface area contributed by atoms with Gasteiger partial charge in [0, 0.05) is 12.1 Å². The zero-order chi connectivity index (χ0) is 13.1. The summed E-state index contributed by atoms with van der Waals surface area (Å²) in [5.41, 5.74) is 5.69. The highest BCUT2D eigenvalue weighted by atomic mass is 32.2. The molecule has 18 heavy (non-hydrogen) atoms. The minimum Gasteiger partial charge on any atom is -0.307 e. The van der Waals surface area contributed by atoms with Crippen molar-refractivity contribution in [1.82, 2.24) is 5.32 Å². The summed E-state index contributed by atoms with van der Waals surface area (Å²) in [5.74, 6) is 2.63. The van der Waals surface area contributed by atoms with Gasteiger partial charge in [0.05, 0.1) is 0 Å². The second-order valence-corrected chi connectivity index (χ2v) is 6.79. The lowest BCUT2D eigenvalue weighted by Gasteiger charge is -2.27. The number of nitrogens with one attached hydrogen (secondary N) is 1. The van der Waals surface area contributed by atoms with Crippen LogP contribution in [-0.4, -0.2) is 17.5 Å². The van der Waals surface area contributed by atoms with Crippen LogP contribution in [-0.2, 0) is 0 Å². The molecule has 1 N–H and O–H groups in total. The SMILES string of the molecule is Cc1cc(C)c(C(C)NC2CCSCC2)cc1C. The quantitative estimate of drug-likeness (QED) is 0.879. The van der Waals surface area contributed by atoms with Crippen molar-refractivity contribution in [2.24, 2.45) is 0 Å². The van der Waals surface area contributed by atoms with Crippen LogP contribution in [0, 0.1) is 20.8 Å². The van der Waals surface area contributed by atoms with Gasteiger partial charge in [0.2, 0.25) is 0 Å². The number of hydrogen-bond donors (Lipinski definition) is 1. The number of benzene rings is 1. The summed E-state index contributed by atoms with van der Waals surface area (Å²) in [7, 11) is 0. The highest BCUT2D eigenvalue weighted by Gasteiger charge is 2.17. The van der Waals surface area contributed by atoms with Crippen molar-refractivity contribution in [3.8, 4) is 0 Å². The molecule has 0 aromatic heterocycles. The van der Waals surface area contributed by atoms with Crippen molar-refractivity contribution < 1.29 is 0 Å². The van der Waals surface area contributed by atoms with E-state index >= 15 is 0 Å². The summed E-state index contributed by atoms with van der Waals surface area (Å²) in [6.07, 6.45) is 2.64. The fourth-order valence-corrected chi connectivity index (χ4v) is 3.86. The van der Waals surface area contributed by atoms with Gasteiger partial charge in [-0.1, -0.05) is 12.1 Å². The average Bonchev–Trinajstić information content (AvgIpc) is 2.35. The summed E-state index contributed by atoms with van der Waals surface area (Å²) in [5, 5.41) is 3.81. The highest BCUT2D eigenvalue weighted by Crippen LogP contribution is 2.24. The van der Waals surface area contributed by atoms with Gasteiger partial charge in [-0.15, -0.1) is 0 Å². The molecule has 100 valence electrons. The van der Waals surface area contributed by atoms with Crippen molar-refractivity contribution in [1.29, 1.82) is 0 Å². The third-order valence-corrected chi connectivity index (χ3v) is 5.10. The first kappa shape index (κ1) is 14.0. The first-order valence-electron chi connectivity index (χ1n) is 6.99. The smallest absolute Gasteiger partial charge is 0.0297 e. The summed E-state index contributed by atoms with van der Waals surface area (Å²) in [6, 6.07) is 5.86. The molecule has 1 aromatic carbocycles. The van der Waals surface area contributed by atoms with Crippen molar-refractivity contribution in [3.63, 3.8) is 0 Å². The third kappa shape index (κ3) is 3.30. The van der Waals surface area contributed by atoms with Gasteiger partial charge in [-0.25, -0.2) is 0 Å². The lowest BCUT2D eigenvalue weighted by molar-refractivity contribution is 0.430. The van der Waals surface area contributed by atoms with Gasteiger partial charge in [-0.2, -0.15) is 11.8 Å². The van der Waals surface area contributed by atoms with E-state index in [1.165, 1.54) is 46.6 Å². The standard InChI is InChI=1S/C16H25NS/c1-11-9-13(3)16(10-12(11)2)14(4)17-15-5-7-18-8-6-15/h9-10,14-15,17H,5-8H2,1-4H3. The fourth-order valence-electron chi connectivity index (χ4n) is 2.76. The van der Waals surface area contributed by atoms with E-state index in [2.05, 4.69) is 56.9 Å². The lowest BCUT2D eigenvalue weighted by atomic mass is 9.96. The van der Waals surface area contributed by atoms with Gasteiger partial charge < -0.3 is 5.32 Å². The Labute approximate surface area is 116 Å². The molecule has 1 nitrogen and oxygen atoms in total. The van der Waals surface area contributed by atoms with Crippen LogP contribution in [0.25, 0.3) is 0 Å². The van der Waals surface area contributed by atoms with E-state index < -0.39 is 0 Å². The molecule has 2 rings (SSSR count). The van der Waals surface area contributed by atoms with E-state index in [1.807, 2.05) is 0 Å². The molecule has 0 saturated carbocycles. The molecule has 2 heteroatoms. The minimum absolute atomic E-state index is 0.470. The molecule has 1 aliphatic rings. The molecular formula is C16H25NS. The molecule has 0 aliphatic carbocycles. The lowest BCUT2D eigenvalue weighted by Crippen LogP contribution is -2.34. The molecule has 1 aliphatic heterocycles. The van der Waals surface area contributed by atoms with Crippen molar-refractivity contribution in [2.75, 3.05) is 11.5 Å². The summed E-state index contributed by atoms with van der Waals surface area (Å²) >= 11 is 2.09. The van der Waals surface area contributed by atoms with Crippen molar-refractivity contribution in [3.05, 3.63) is 34.4 Å². The molecule has 1 saturated heterocycles. The summed E-state index contributed by atoms with van der Waals surface area (Å²) in [4.78, 5) is 0. The van der Waals surface area contributed by atoms with Crippen LogP contribution in [0.4, 0.5) is 0 Å². The van der Waals surface area contributed by atoms with Crippen LogP contribution in [0.5, 0.6) is 0 Å². The Morgan fingerprint density at radius 3 is 2.33 bits per heavy atom. The van der Waals surface area contributed by atoms with Gasteiger partial charge in [0.1, 0.15) is 0 Å². The van der Waals surface area contributed by atoms with Crippen LogP contribution in [0.1, 0.15) is 48.1 Å². The largest absolute Gasteiger partial charge is 0.307 e. The minimum atomic E-state index is 0.470. The van der Waals surface area contributed by atoms with E-state index in [4.69, 9.17) is 0 Å². The van der Waals surface area contributed by atoms with E-state index in [-0.39, 0.29) is 0 Å². The Kier molecular flexibility index (Phi) is 4.74. The van der Waals surface area contributed by atoms with Crippen LogP contribution in [0.2, 0.25) is 0 Å². The highest BCUT2D eigenvalue weighted by molar-refractivity contribution is 7.99. The Morgan fingerprint density at radius 1 is 1.06 bits per heavy atom. The predicted octanol–water partition coefficient (Wildman–Crippen LogP) is 4.16. The first-order chi connectivity index (χ1) is 8.58. The van der Waals surface area contributed by atoms with E-state index in [1.54, 1.807) is 0 Å². The maximum absolute atomic E-state index is 3.81. The number of hydrogen-bond acceptors (Lipinski definition) is 2. The molecule has 1 heterocycles. The molecule has 0 amide bonds. The zero-order valence-corrected chi connectivity index (χ0v) is 12.9. The van der Waals surface area contributed by atoms with Gasteiger partial charge in [0.25, 0.3) is 0 Å². The molecule has 0 spiro atoms. The van der Waals surface area contributed by atoms with Crippen LogP contribution in [0.3, 0.4) is 0 Å². The molecule has 0 bridgehead atoms. The summed E-state index contributed by atoms with van der Waals surface area (Å²) < 4.78 is 0. The molecule has 1 atom stereocenters. The normalized spacial score (nSPS) is 18.9. The average molecular weight is 263 g/mol. The second kappa shape index (κ2) is 6.12. The zero-order valence-electron chi connectivity index (χ0n) is 12.0. The van der Waals surface area contributed by atoms with Gasteiger partial charge in [-0.3, -0.25) is 0 Å². The van der Waals surface area contributed by atoms with Gasteiger partial charge in [-0.05, 0) is 74.3 Å². The predicted molar refractivity (Wildman–Crippen MR) is 82.6 cm³/mol. The van der Waals surface area contributed by atoms with E-state index in [9.17, 15) is 0 Å². The van der Waals surface area contributed by atoms with E-state index in [0.29, 0.717) is 12.1 Å². The Hall–Kier alpha value is -0.470. The van der Waals surface area contributed by atoms with Gasteiger partial charge >= 0.3 is 0 Å². The molecule has 1 aromatic rings.